The Balaban J connectivity index is 2.48. The number of nitrogens with zero attached hydrogens (tertiary/aromatic N) is 2. The van der Waals surface area contributed by atoms with Crippen molar-refractivity contribution in [3.63, 3.8) is 0 Å². The van der Waals surface area contributed by atoms with Crippen LogP contribution in [0.1, 0.15) is 25.8 Å². The van der Waals surface area contributed by atoms with Gasteiger partial charge in [0.05, 0.1) is 19.1 Å². The Bertz CT molecular complexity index is 1090. The summed E-state index contributed by atoms with van der Waals surface area (Å²) in [4.78, 5) is 27.7. The second kappa shape index (κ2) is 12.3. The lowest BCUT2D eigenvalue weighted by molar-refractivity contribution is -0.140. The number of ether oxygens (including phenoxy) is 1. The van der Waals surface area contributed by atoms with Gasteiger partial charge in [-0.2, -0.15) is 0 Å². The molecule has 1 atom stereocenters. The van der Waals surface area contributed by atoms with Crippen LogP contribution in [0.2, 0.25) is 10.0 Å². The molecule has 2 aromatic rings. The molecule has 2 aromatic carbocycles. The smallest absolute Gasteiger partial charge is 0.244 e. The molecular weight excluding hydrogens is 501 g/mol. The summed E-state index contributed by atoms with van der Waals surface area (Å²) >= 11 is 12.7. The van der Waals surface area contributed by atoms with Crippen LogP contribution in [0.15, 0.2) is 42.5 Å². The highest BCUT2D eigenvalue weighted by Gasteiger charge is 2.32. The minimum atomic E-state index is -3.83. The zero-order valence-corrected chi connectivity index (χ0v) is 21.9. The number of likely N-dealkylation sites (N-methyl/N-ethyl adjacent to an activating group) is 1. The lowest BCUT2D eigenvalue weighted by atomic mass is 10.1. The number of sulfonamides is 1. The van der Waals surface area contributed by atoms with Crippen LogP contribution in [0.25, 0.3) is 0 Å². The van der Waals surface area contributed by atoms with Crippen molar-refractivity contribution in [1.29, 1.82) is 0 Å². The van der Waals surface area contributed by atoms with E-state index in [2.05, 4.69) is 5.32 Å². The van der Waals surface area contributed by atoms with Crippen molar-refractivity contribution in [3.8, 4) is 5.75 Å². The second-order valence-electron chi connectivity index (χ2n) is 7.51. The Morgan fingerprint density at radius 2 is 1.65 bits per heavy atom. The van der Waals surface area contributed by atoms with Crippen molar-refractivity contribution in [2.45, 2.75) is 32.9 Å². The van der Waals surface area contributed by atoms with E-state index in [0.29, 0.717) is 40.0 Å². The molecule has 2 rings (SSSR count). The summed E-state index contributed by atoms with van der Waals surface area (Å²) in [6.45, 7) is 3.35. The summed E-state index contributed by atoms with van der Waals surface area (Å²) in [7, 11) is -2.33. The molecule has 8 nitrogen and oxygen atoms in total. The predicted octanol–water partition coefficient (Wildman–Crippen LogP) is 3.71. The summed E-state index contributed by atoms with van der Waals surface area (Å²) in [5.74, 6) is -0.381. The Labute approximate surface area is 210 Å². The summed E-state index contributed by atoms with van der Waals surface area (Å²) in [6, 6.07) is 10.4. The van der Waals surface area contributed by atoms with E-state index in [1.807, 2.05) is 0 Å². The first-order valence-electron chi connectivity index (χ1n) is 10.6. The average molecular weight is 530 g/mol. The number of benzene rings is 2. The summed E-state index contributed by atoms with van der Waals surface area (Å²) < 4.78 is 31.3. The van der Waals surface area contributed by atoms with Crippen LogP contribution >= 0.6 is 23.2 Å². The van der Waals surface area contributed by atoms with Gasteiger partial charge in [0.1, 0.15) is 18.3 Å². The van der Waals surface area contributed by atoms with E-state index in [-0.39, 0.29) is 12.5 Å². The van der Waals surface area contributed by atoms with Gasteiger partial charge >= 0.3 is 0 Å². The van der Waals surface area contributed by atoms with Crippen molar-refractivity contribution in [2.24, 2.45) is 0 Å². The van der Waals surface area contributed by atoms with E-state index < -0.39 is 28.5 Å². The molecule has 186 valence electrons. The highest BCUT2D eigenvalue weighted by Crippen LogP contribution is 2.28. The van der Waals surface area contributed by atoms with Gasteiger partial charge in [0.2, 0.25) is 21.8 Å². The maximum Gasteiger partial charge on any atom is 0.244 e. The zero-order chi connectivity index (χ0) is 25.5. The first-order chi connectivity index (χ1) is 16.0. The van der Waals surface area contributed by atoms with Crippen LogP contribution in [0.3, 0.4) is 0 Å². The molecular formula is C23H29Cl2N3O5S. The van der Waals surface area contributed by atoms with Gasteiger partial charge in [-0.25, -0.2) is 8.42 Å². The Morgan fingerprint density at radius 1 is 1.06 bits per heavy atom. The number of halogens is 2. The minimum Gasteiger partial charge on any atom is -0.497 e. The molecule has 2 amide bonds. The number of amides is 2. The molecule has 0 spiro atoms. The number of carbonyl (C=O) groups excluding carboxylic acids is 2. The van der Waals surface area contributed by atoms with E-state index >= 15 is 0 Å². The third kappa shape index (κ3) is 7.01. The summed E-state index contributed by atoms with van der Waals surface area (Å²) in [5, 5.41) is 3.41. The normalized spacial score (nSPS) is 12.1. The monoisotopic (exact) mass is 529 g/mol. The zero-order valence-electron chi connectivity index (χ0n) is 19.5. The standard InChI is InChI=1S/C23H29Cl2N3O5S/c1-5-21(23(30)26-6-2)27(14-18-19(24)8-7-9-20(18)25)22(29)15-28(34(4,31)32)16-10-12-17(33-3)13-11-16/h7-13,21H,5-6,14-15H2,1-4H3,(H,26,30)/t21-/m1/s1. The van der Waals surface area contributed by atoms with Crippen LogP contribution in [0.4, 0.5) is 5.69 Å². The van der Waals surface area contributed by atoms with E-state index in [9.17, 15) is 18.0 Å². The maximum absolute atomic E-state index is 13.6. The molecule has 0 fully saturated rings. The third-order valence-electron chi connectivity index (χ3n) is 5.17. The Morgan fingerprint density at radius 3 is 2.12 bits per heavy atom. The van der Waals surface area contributed by atoms with Crippen LogP contribution in [0, 0.1) is 0 Å². The molecule has 0 unspecified atom stereocenters. The topological polar surface area (TPSA) is 96.0 Å². The lowest BCUT2D eigenvalue weighted by Crippen LogP contribution is -2.52. The highest BCUT2D eigenvalue weighted by atomic mass is 35.5. The van der Waals surface area contributed by atoms with Gasteiger partial charge in [-0.05, 0) is 49.7 Å². The highest BCUT2D eigenvalue weighted by molar-refractivity contribution is 7.92. The average Bonchev–Trinajstić information content (AvgIpc) is 2.78. The molecule has 0 aromatic heterocycles. The van der Waals surface area contributed by atoms with Crippen molar-refractivity contribution in [1.82, 2.24) is 10.2 Å². The number of rotatable bonds is 11. The minimum absolute atomic E-state index is 0.0623. The number of carbonyl (C=O) groups is 2. The van der Waals surface area contributed by atoms with Crippen molar-refractivity contribution >= 4 is 50.7 Å². The molecule has 0 bridgehead atoms. The van der Waals surface area contributed by atoms with Crippen molar-refractivity contribution in [2.75, 3.05) is 30.8 Å². The molecule has 0 heterocycles. The molecule has 0 aliphatic carbocycles. The van der Waals surface area contributed by atoms with E-state index in [4.69, 9.17) is 27.9 Å². The number of anilines is 1. The van der Waals surface area contributed by atoms with E-state index in [0.717, 1.165) is 10.6 Å². The van der Waals surface area contributed by atoms with Gasteiger partial charge in [0, 0.05) is 28.7 Å². The van der Waals surface area contributed by atoms with Gasteiger partial charge in [-0.15, -0.1) is 0 Å². The molecule has 0 saturated heterocycles. The van der Waals surface area contributed by atoms with Gasteiger partial charge in [0.15, 0.2) is 0 Å². The first-order valence-corrected chi connectivity index (χ1v) is 13.3. The van der Waals surface area contributed by atoms with Gasteiger partial charge in [-0.3, -0.25) is 13.9 Å². The number of hydrogen-bond donors (Lipinski definition) is 1. The quantitative estimate of drug-likeness (QED) is 0.478. The third-order valence-corrected chi connectivity index (χ3v) is 7.02. The molecule has 1 N–H and O–H groups in total. The van der Waals surface area contributed by atoms with Crippen LogP contribution < -0.4 is 14.4 Å². The molecule has 34 heavy (non-hydrogen) atoms. The fraction of sp³-hybridized carbons (Fsp3) is 0.391. The van der Waals surface area contributed by atoms with Gasteiger partial charge < -0.3 is 15.0 Å². The summed E-state index contributed by atoms with van der Waals surface area (Å²) in [5.41, 5.74) is 0.760. The maximum atomic E-state index is 13.6. The Hall–Kier alpha value is -2.49. The largest absolute Gasteiger partial charge is 0.497 e. The predicted molar refractivity (Wildman–Crippen MR) is 135 cm³/mol. The fourth-order valence-electron chi connectivity index (χ4n) is 3.43. The Kier molecular flexibility index (Phi) is 10.0. The molecule has 0 aliphatic rings. The molecule has 11 heteroatoms. The SMILES string of the molecule is CCNC(=O)[C@@H](CC)N(Cc1c(Cl)cccc1Cl)C(=O)CN(c1ccc(OC)cc1)S(C)(=O)=O. The van der Waals surface area contributed by atoms with Crippen LogP contribution in [-0.4, -0.2) is 57.6 Å². The lowest BCUT2D eigenvalue weighted by Gasteiger charge is -2.33. The second-order valence-corrected chi connectivity index (χ2v) is 10.2. The number of hydrogen-bond acceptors (Lipinski definition) is 5. The van der Waals surface area contributed by atoms with Crippen molar-refractivity contribution < 1.29 is 22.7 Å². The van der Waals surface area contributed by atoms with Gasteiger partial charge in [-0.1, -0.05) is 36.2 Å². The van der Waals surface area contributed by atoms with Crippen molar-refractivity contribution in [3.05, 3.63) is 58.1 Å². The summed E-state index contributed by atoms with van der Waals surface area (Å²) in [6.07, 6.45) is 1.32. The van der Waals surface area contributed by atoms with Crippen LogP contribution in [0.5, 0.6) is 5.75 Å². The molecule has 0 aliphatic heterocycles. The van der Waals surface area contributed by atoms with E-state index in [1.165, 1.54) is 12.0 Å². The first kappa shape index (κ1) is 27.8. The fourth-order valence-corrected chi connectivity index (χ4v) is 4.79. The van der Waals surface area contributed by atoms with Gasteiger partial charge in [0.25, 0.3) is 0 Å². The van der Waals surface area contributed by atoms with E-state index in [1.54, 1.807) is 56.3 Å². The number of nitrogens with one attached hydrogen (secondary N) is 1. The van der Waals surface area contributed by atoms with Crippen LogP contribution in [-0.2, 0) is 26.2 Å². The number of methoxy groups -OCH3 is 1. The molecule has 0 radical (unpaired) electrons. The molecule has 0 saturated carbocycles.